The number of H-pyrrole nitrogens is 1. The molecular weight excluding hydrogens is 304 g/mol. The number of hydrogen-bond donors (Lipinski definition) is 2. The van der Waals surface area contributed by atoms with Gasteiger partial charge in [0.2, 0.25) is 10.0 Å². The number of primary sulfonamides is 1. The summed E-state index contributed by atoms with van der Waals surface area (Å²) >= 11 is 0. The number of imidazole rings is 1. The van der Waals surface area contributed by atoms with E-state index in [1.807, 2.05) is 0 Å². The van der Waals surface area contributed by atoms with Crippen LogP contribution in [0.1, 0.15) is 5.56 Å². The zero-order chi connectivity index (χ0) is 15.6. The Morgan fingerprint density at radius 1 is 1.23 bits per heavy atom. The van der Waals surface area contributed by atoms with Crippen LogP contribution in [0.15, 0.2) is 47.8 Å². The highest BCUT2D eigenvalue weighted by molar-refractivity contribution is 7.89. The molecule has 0 aliphatic rings. The van der Waals surface area contributed by atoms with E-state index in [1.165, 1.54) is 12.1 Å². The summed E-state index contributed by atoms with van der Waals surface area (Å²) < 4.78 is 24.1. The third-order valence-electron chi connectivity index (χ3n) is 3.16. The Balaban J connectivity index is 1.65. The molecule has 0 bridgehead atoms. The van der Waals surface area contributed by atoms with Gasteiger partial charge in [-0.3, -0.25) is 4.68 Å². The molecule has 0 aliphatic heterocycles. The number of nitrogens with one attached hydrogen (secondary N) is 1. The Labute approximate surface area is 127 Å². The number of rotatable bonds is 5. The average molecular weight is 318 g/mol. The maximum atomic E-state index is 11.2. The van der Waals surface area contributed by atoms with Crippen LogP contribution in [0.5, 0.6) is 0 Å². The van der Waals surface area contributed by atoms with Crippen LogP contribution in [0.3, 0.4) is 0 Å². The second kappa shape index (κ2) is 5.70. The monoisotopic (exact) mass is 318 g/mol. The Morgan fingerprint density at radius 2 is 2.00 bits per heavy atom. The van der Waals surface area contributed by atoms with Crippen molar-refractivity contribution >= 4 is 10.0 Å². The molecule has 9 heteroatoms. The fraction of sp³-hybridized carbons (Fsp3) is 0.154. The Hall–Kier alpha value is -2.52. The fourth-order valence-electron chi connectivity index (χ4n) is 2.01. The van der Waals surface area contributed by atoms with E-state index in [2.05, 4.69) is 20.3 Å². The summed E-state index contributed by atoms with van der Waals surface area (Å²) in [5, 5.41) is 13.1. The summed E-state index contributed by atoms with van der Waals surface area (Å²) in [7, 11) is -3.65. The van der Waals surface area contributed by atoms with Gasteiger partial charge in [-0.05, 0) is 24.1 Å². The van der Waals surface area contributed by atoms with Gasteiger partial charge in [-0.15, -0.1) is 5.10 Å². The molecule has 0 amide bonds. The van der Waals surface area contributed by atoms with E-state index in [0.29, 0.717) is 24.5 Å². The van der Waals surface area contributed by atoms with E-state index in [4.69, 9.17) is 5.14 Å². The molecule has 0 fully saturated rings. The van der Waals surface area contributed by atoms with Gasteiger partial charge in [-0.25, -0.2) is 18.5 Å². The van der Waals surface area contributed by atoms with Gasteiger partial charge in [0.25, 0.3) is 0 Å². The van der Waals surface area contributed by atoms with Gasteiger partial charge in [0.15, 0.2) is 5.82 Å². The highest BCUT2D eigenvalue weighted by atomic mass is 32.2. The van der Waals surface area contributed by atoms with Crippen LogP contribution >= 0.6 is 0 Å². The predicted molar refractivity (Wildman–Crippen MR) is 79.1 cm³/mol. The molecule has 0 aliphatic carbocycles. The summed E-state index contributed by atoms with van der Waals surface area (Å²) in [4.78, 5) is 7.18. The number of benzene rings is 1. The van der Waals surface area contributed by atoms with Crippen molar-refractivity contribution in [1.82, 2.24) is 25.0 Å². The van der Waals surface area contributed by atoms with E-state index in [9.17, 15) is 8.42 Å². The number of nitrogens with zero attached hydrogens (tertiary/aromatic N) is 4. The molecular formula is C13H14N6O2S. The van der Waals surface area contributed by atoms with Crippen LogP contribution in [-0.2, 0) is 23.0 Å². The topological polar surface area (TPSA) is 120 Å². The molecule has 0 saturated heterocycles. The SMILES string of the molecule is NS(=O)(=O)c1ccc(CCn2cc(-c3ncc[nH]3)nn2)cc1. The van der Waals surface area contributed by atoms with E-state index in [0.717, 1.165) is 5.56 Å². The maximum absolute atomic E-state index is 11.2. The van der Waals surface area contributed by atoms with Crippen LogP contribution in [0, 0.1) is 0 Å². The lowest BCUT2D eigenvalue weighted by Crippen LogP contribution is -2.12. The lowest BCUT2D eigenvalue weighted by atomic mass is 10.1. The molecule has 8 nitrogen and oxygen atoms in total. The number of aryl methyl sites for hydroxylation is 2. The van der Waals surface area contributed by atoms with Crippen molar-refractivity contribution in [3.05, 3.63) is 48.4 Å². The Kier molecular flexibility index (Phi) is 3.73. The summed E-state index contributed by atoms with van der Waals surface area (Å²) in [6.07, 6.45) is 5.88. The molecule has 0 saturated carbocycles. The van der Waals surface area contributed by atoms with Crippen LogP contribution < -0.4 is 5.14 Å². The molecule has 1 aromatic carbocycles. The molecule has 0 spiro atoms. The normalized spacial score (nSPS) is 11.7. The van der Waals surface area contributed by atoms with Crippen molar-refractivity contribution in [2.75, 3.05) is 0 Å². The number of aromatic amines is 1. The lowest BCUT2D eigenvalue weighted by molar-refractivity contribution is 0.588. The Bertz CT molecular complexity index is 852. The van der Waals surface area contributed by atoms with Crippen molar-refractivity contribution in [2.45, 2.75) is 17.9 Å². The van der Waals surface area contributed by atoms with Gasteiger partial charge in [0, 0.05) is 18.9 Å². The molecule has 0 unspecified atom stereocenters. The zero-order valence-electron chi connectivity index (χ0n) is 11.5. The first kappa shape index (κ1) is 14.4. The molecule has 3 aromatic rings. The van der Waals surface area contributed by atoms with E-state index in [-0.39, 0.29) is 4.90 Å². The Morgan fingerprint density at radius 3 is 2.64 bits per heavy atom. The van der Waals surface area contributed by atoms with Crippen molar-refractivity contribution < 1.29 is 8.42 Å². The molecule has 0 radical (unpaired) electrons. The van der Waals surface area contributed by atoms with E-state index in [1.54, 1.807) is 35.4 Å². The lowest BCUT2D eigenvalue weighted by Gasteiger charge is -2.03. The largest absolute Gasteiger partial charge is 0.343 e. The van der Waals surface area contributed by atoms with Gasteiger partial charge >= 0.3 is 0 Å². The summed E-state index contributed by atoms with van der Waals surface area (Å²) in [6, 6.07) is 6.48. The minimum absolute atomic E-state index is 0.108. The number of sulfonamides is 1. The summed E-state index contributed by atoms with van der Waals surface area (Å²) in [5.41, 5.74) is 1.66. The van der Waals surface area contributed by atoms with Crippen LogP contribution in [0.4, 0.5) is 0 Å². The van der Waals surface area contributed by atoms with Crippen LogP contribution in [0.25, 0.3) is 11.5 Å². The van der Waals surface area contributed by atoms with Crippen molar-refractivity contribution in [3.63, 3.8) is 0 Å². The quantitative estimate of drug-likeness (QED) is 0.712. The van der Waals surface area contributed by atoms with Gasteiger partial charge < -0.3 is 4.98 Å². The predicted octanol–water partition coefficient (Wildman–Crippen LogP) is 0.558. The van der Waals surface area contributed by atoms with E-state index < -0.39 is 10.0 Å². The maximum Gasteiger partial charge on any atom is 0.238 e. The van der Waals surface area contributed by atoms with Gasteiger partial charge in [-0.2, -0.15) is 0 Å². The first-order valence-corrected chi connectivity index (χ1v) is 8.08. The molecule has 22 heavy (non-hydrogen) atoms. The third kappa shape index (κ3) is 3.21. The first-order valence-electron chi connectivity index (χ1n) is 6.54. The molecule has 114 valence electrons. The minimum atomic E-state index is -3.65. The minimum Gasteiger partial charge on any atom is -0.343 e. The second-order valence-electron chi connectivity index (χ2n) is 4.74. The van der Waals surface area contributed by atoms with Crippen molar-refractivity contribution in [2.24, 2.45) is 5.14 Å². The summed E-state index contributed by atoms with van der Waals surface area (Å²) in [6.45, 7) is 0.627. The smallest absolute Gasteiger partial charge is 0.238 e. The standard InChI is InChI=1S/C13H14N6O2S/c14-22(20,21)11-3-1-10(2-4-11)5-8-19-9-12(17-18-19)13-15-6-7-16-13/h1-4,6-7,9H,5,8H2,(H,15,16)(H2,14,20,21). The van der Waals surface area contributed by atoms with Crippen LogP contribution in [-0.4, -0.2) is 33.4 Å². The van der Waals surface area contributed by atoms with Gasteiger partial charge in [0.05, 0.1) is 11.1 Å². The third-order valence-corrected chi connectivity index (χ3v) is 4.09. The highest BCUT2D eigenvalue weighted by Gasteiger charge is 2.08. The number of nitrogens with two attached hydrogens (primary N) is 1. The summed E-state index contributed by atoms with van der Waals surface area (Å²) in [5.74, 6) is 0.670. The molecule has 3 N–H and O–H groups in total. The molecule has 2 heterocycles. The second-order valence-corrected chi connectivity index (χ2v) is 6.31. The van der Waals surface area contributed by atoms with Crippen LogP contribution in [0.2, 0.25) is 0 Å². The van der Waals surface area contributed by atoms with E-state index >= 15 is 0 Å². The van der Waals surface area contributed by atoms with Gasteiger partial charge in [0.1, 0.15) is 5.69 Å². The molecule has 3 rings (SSSR count). The zero-order valence-corrected chi connectivity index (χ0v) is 12.4. The molecule has 2 aromatic heterocycles. The van der Waals surface area contributed by atoms with Crippen molar-refractivity contribution in [3.8, 4) is 11.5 Å². The first-order chi connectivity index (χ1) is 10.5. The van der Waals surface area contributed by atoms with Crippen molar-refractivity contribution in [1.29, 1.82) is 0 Å². The number of hydrogen-bond acceptors (Lipinski definition) is 5. The number of aromatic nitrogens is 5. The van der Waals surface area contributed by atoms with Gasteiger partial charge in [-0.1, -0.05) is 17.3 Å². The average Bonchev–Trinajstić information content (AvgIpc) is 3.15. The fourth-order valence-corrected chi connectivity index (χ4v) is 2.53. The highest BCUT2D eigenvalue weighted by Crippen LogP contribution is 2.11. The molecule has 0 atom stereocenters.